The van der Waals surface area contributed by atoms with Crippen molar-refractivity contribution in [3.8, 4) is 6.07 Å². The van der Waals surface area contributed by atoms with Gasteiger partial charge in [0.05, 0.1) is 5.56 Å². The average Bonchev–Trinajstić information content (AvgIpc) is 2.38. The highest BCUT2D eigenvalue weighted by Gasteiger charge is 2.12. The third-order valence-electron chi connectivity index (χ3n) is 2.62. The average molecular weight is 262 g/mol. The Kier molecular flexibility index (Phi) is 3.61. The van der Waals surface area contributed by atoms with E-state index in [9.17, 15) is 9.50 Å². The summed E-state index contributed by atoms with van der Waals surface area (Å²) < 4.78 is 13.4. The Balaban J connectivity index is 2.34. The van der Waals surface area contributed by atoms with Crippen molar-refractivity contribution in [3.63, 3.8) is 0 Å². The first-order valence-corrected chi connectivity index (χ1v) is 5.62. The molecular weight excluding hydrogens is 253 g/mol. The molecule has 2 nitrogen and oxygen atoms in total. The first kappa shape index (κ1) is 12.6. The van der Waals surface area contributed by atoms with E-state index in [0.717, 1.165) is 6.07 Å². The summed E-state index contributed by atoms with van der Waals surface area (Å²) >= 11 is 5.75. The third kappa shape index (κ3) is 2.51. The monoisotopic (exact) mass is 261 g/mol. The van der Waals surface area contributed by atoms with Gasteiger partial charge in [-0.05, 0) is 35.4 Å². The first-order chi connectivity index (χ1) is 8.61. The minimum absolute atomic E-state index is 0.0398. The van der Waals surface area contributed by atoms with Gasteiger partial charge in [0.15, 0.2) is 0 Å². The van der Waals surface area contributed by atoms with Crippen LogP contribution in [0.5, 0.6) is 0 Å². The zero-order chi connectivity index (χ0) is 13.1. The highest BCUT2D eigenvalue weighted by Crippen LogP contribution is 2.24. The number of hydrogen-bond acceptors (Lipinski definition) is 2. The second-order valence-corrected chi connectivity index (χ2v) is 4.24. The Morgan fingerprint density at radius 3 is 2.28 bits per heavy atom. The van der Waals surface area contributed by atoms with Crippen LogP contribution in [0.1, 0.15) is 22.8 Å². The van der Waals surface area contributed by atoms with Crippen LogP contribution in [0.25, 0.3) is 0 Å². The molecule has 1 unspecified atom stereocenters. The minimum Gasteiger partial charge on any atom is -0.384 e. The molecule has 2 aromatic carbocycles. The van der Waals surface area contributed by atoms with Crippen LogP contribution in [0.15, 0.2) is 42.5 Å². The van der Waals surface area contributed by atoms with Crippen molar-refractivity contribution < 1.29 is 9.50 Å². The molecule has 0 heterocycles. The Labute approximate surface area is 109 Å². The van der Waals surface area contributed by atoms with Crippen LogP contribution in [-0.4, -0.2) is 5.11 Å². The van der Waals surface area contributed by atoms with E-state index in [2.05, 4.69) is 0 Å². The van der Waals surface area contributed by atoms with E-state index in [-0.39, 0.29) is 5.56 Å². The molecule has 0 bridgehead atoms. The quantitative estimate of drug-likeness (QED) is 0.900. The van der Waals surface area contributed by atoms with Crippen molar-refractivity contribution in [3.05, 3.63) is 70.0 Å². The molecule has 1 N–H and O–H groups in total. The van der Waals surface area contributed by atoms with E-state index >= 15 is 0 Å². The topological polar surface area (TPSA) is 44.0 Å². The fourth-order valence-electron chi connectivity index (χ4n) is 1.63. The molecule has 0 spiro atoms. The van der Waals surface area contributed by atoms with Crippen molar-refractivity contribution in [1.29, 1.82) is 5.26 Å². The van der Waals surface area contributed by atoms with E-state index in [0.29, 0.717) is 16.1 Å². The van der Waals surface area contributed by atoms with E-state index in [1.165, 1.54) is 12.1 Å². The van der Waals surface area contributed by atoms with E-state index in [1.54, 1.807) is 30.3 Å². The van der Waals surface area contributed by atoms with Gasteiger partial charge in [-0.3, -0.25) is 0 Å². The number of rotatable bonds is 2. The first-order valence-electron chi connectivity index (χ1n) is 5.25. The maximum Gasteiger partial charge on any atom is 0.141 e. The number of hydrogen-bond donors (Lipinski definition) is 1. The number of benzene rings is 2. The molecular formula is C14H9ClFNO. The number of aliphatic hydroxyl groups is 1. The summed E-state index contributed by atoms with van der Waals surface area (Å²) in [5, 5.41) is 19.3. The molecule has 1 atom stereocenters. The van der Waals surface area contributed by atoms with Gasteiger partial charge < -0.3 is 5.11 Å². The number of nitriles is 1. The number of nitrogens with zero attached hydrogens (tertiary/aromatic N) is 1. The molecule has 2 rings (SSSR count). The lowest BCUT2D eigenvalue weighted by Crippen LogP contribution is -2.00. The van der Waals surface area contributed by atoms with Crippen molar-refractivity contribution in [2.75, 3.05) is 0 Å². The molecule has 2 aromatic rings. The van der Waals surface area contributed by atoms with Gasteiger partial charge >= 0.3 is 0 Å². The lowest BCUT2D eigenvalue weighted by atomic mass is 10.0. The molecule has 18 heavy (non-hydrogen) atoms. The Hall–Kier alpha value is -1.89. The summed E-state index contributed by atoms with van der Waals surface area (Å²) in [4.78, 5) is 0. The van der Waals surface area contributed by atoms with Crippen molar-refractivity contribution in [1.82, 2.24) is 0 Å². The van der Waals surface area contributed by atoms with Crippen LogP contribution in [0, 0.1) is 17.1 Å². The summed E-state index contributed by atoms with van der Waals surface area (Å²) in [5.74, 6) is -0.636. The lowest BCUT2D eigenvalue weighted by Gasteiger charge is -2.11. The number of aliphatic hydroxyl groups excluding tert-OH is 1. The van der Waals surface area contributed by atoms with Crippen LogP contribution in [0.3, 0.4) is 0 Å². The van der Waals surface area contributed by atoms with Crippen LogP contribution >= 0.6 is 11.6 Å². The predicted molar refractivity (Wildman–Crippen MR) is 66.6 cm³/mol. The molecule has 0 saturated carbocycles. The molecule has 0 aliphatic heterocycles. The minimum atomic E-state index is -0.940. The van der Waals surface area contributed by atoms with Gasteiger partial charge in [-0.2, -0.15) is 5.26 Å². The zero-order valence-electron chi connectivity index (χ0n) is 9.27. The highest BCUT2D eigenvalue weighted by molar-refractivity contribution is 6.30. The van der Waals surface area contributed by atoms with Crippen LogP contribution in [-0.2, 0) is 0 Å². The van der Waals surface area contributed by atoms with Crippen molar-refractivity contribution in [2.24, 2.45) is 0 Å². The molecule has 90 valence electrons. The molecule has 0 aliphatic rings. The van der Waals surface area contributed by atoms with Gasteiger partial charge in [0.25, 0.3) is 0 Å². The van der Waals surface area contributed by atoms with Crippen LogP contribution < -0.4 is 0 Å². The molecule has 0 fully saturated rings. The summed E-state index contributed by atoms with van der Waals surface area (Å²) in [6.45, 7) is 0. The van der Waals surface area contributed by atoms with E-state index in [1.807, 2.05) is 0 Å². The SMILES string of the molecule is N#Cc1ccc(C(O)c2ccc(Cl)cc2)cc1F. The van der Waals surface area contributed by atoms with Crippen molar-refractivity contribution >= 4 is 11.6 Å². The van der Waals surface area contributed by atoms with Crippen LogP contribution in [0.2, 0.25) is 5.02 Å². The number of halogens is 2. The Morgan fingerprint density at radius 2 is 1.72 bits per heavy atom. The normalized spacial score (nSPS) is 11.9. The summed E-state index contributed by atoms with van der Waals surface area (Å²) in [5.41, 5.74) is 0.972. The third-order valence-corrected chi connectivity index (χ3v) is 2.87. The summed E-state index contributed by atoms with van der Waals surface area (Å²) in [6, 6.07) is 12.4. The standard InChI is InChI=1S/C14H9ClFNO/c15-12-5-3-9(4-6-12)14(18)10-1-2-11(8-17)13(16)7-10/h1-7,14,18H. The molecule has 0 amide bonds. The van der Waals surface area contributed by atoms with E-state index in [4.69, 9.17) is 16.9 Å². The maximum atomic E-state index is 13.4. The fraction of sp³-hybridized carbons (Fsp3) is 0.0714. The summed E-state index contributed by atoms with van der Waals surface area (Å²) in [7, 11) is 0. The maximum absolute atomic E-state index is 13.4. The molecule has 0 saturated heterocycles. The second-order valence-electron chi connectivity index (χ2n) is 3.81. The summed E-state index contributed by atoms with van der Waals surface area (Å²) in [6.07, 6.45) is -0.940. The van der Waals surface area contributed by atoms with Gasteiger partial charge in [0.1, 0.15) is 18.0 Å². The van der Waals surface area contributed by atoms with Gasteiger partial charge in [-0.15, -0.1) is 0 Å². The largest absolute Gasteiger partial charge is 0.384 e. The molecule has 0 aromatic heterocycles. The lowest BCUT2D eigenvalue weighted by molar-refractivity contribution is 0.220. The van der Waals surface area contributed by atoms with Gasteiger partial charge in [0.2, 0.25) is 0 Å². The zero-order valence-corrected chi connectivity index (χ0v) is 10.0. The predicted octanol–water partition coefficient (Wildman–Crippen LogP) is 3.43. The fourth-order valence-corrected chi connectivity index (χ4v) is 1.76. The Bertz CT molecular complexity index is 604. The van der Waals surface area contributed by atoms with Gasteiger partial charge in [-0.1, -0.05) is 29.8 Å². The highest BCUT2D eigenvalue weighted by atomic mass is 35.5. The van der Waals surface area contributed by atoms with Crippen molar-refractivity contribution in [2.45, 2.75) is 6.10 Å². The molecule has 0 radical (unpaired) electrons. The molecule has 0 aliphatic carbocycles. The Morgan fingerprint density at radius 1 is 1.11 bits per heavy atom. The second kappa shape index (κ2) is 5.18. The van der Waals surface area contributed by atoms with Crippen LogP contribution in [0.4, 0.5) is 4.39 Å². The van der Waals surface area contributed by atoms with Gasteiger partial charge in [0, 0.05) is 5.02 Å². The van der Waals surface area contributed by atoms with E-state index < -0.39 is 11.9 Å². The van der Waals surface area contributed by atoms with Gasteiger partial charge in [-0.25, -0.2) is 4.39 Å². The smallest absolute Gasteiger partial charge is 0.141 e. The molecule has 4 heteroatoms.